The average molecular weight is 650 g/mol. The molecule has 2 fully saturated rings. The Labute approximate surface area is 263 Å². The van der Waals surface area contributed by atoms with Crippen LogP contribution in [0.25, 0.3) is 0 Å². The highest BCUT2D eigenvalue weighted by molar-refractivity contribution is 6.30. The molecule has 2 aliphatic rings. The monoisotopic (exact) mass is 649 g/mol. The molecule has 0 saturated carbocycles. The normalized spacial score (nSPS) is 22.1. The van der Waals surface area contributed by atoms with Gasteiger partial charge in [-0.05, 0) is 58.3 Å². The molecule has 3 atom stereocenters. The maximum absolute atomic E-state index is 15.1. The number of nitrogens with one attached hydrogen (secondary N) is 3. The van der Waals surface area contributed by atoms with Crippen LogP contribution in [0.2, 0.25) is 5.02 Å². The van der Waals surface area contributed by atoms with Gasteiger partial charge in [-0.25, -0.2) is 37.9 Å². The number of ether oxygens (including phenoxy) is 3. The number of methoxy groups -OCH3 is 1. The highest BCUT2D eigenvalue weighted by Crippen LogP contribution is 2.42. The molecule has 3 aromatic rings. The minimum absolute atomic E-state index is 0.0383. The molecule has 2 aromatic heterocycles. The van der Waals surface area contributed by atoms with Crippen LogP contribution >= 0.6 is 11.6 Å². The van der Waals surface area contributed by atoms with E-state index in [0.29, 0.717) is 42.8 Å². The molecule has 0 aliphatic carbocycles. The quantitative estimate of drug-likeness (QED) is 0.303. The lowest BCUT2D eigenvalue weighted by atomic mass is 9.80. The Bertz CT molecular complexity index is 1510. The zero-order valence-electron chi connectivity index (χ0n) is 25.3. The van der Waals surface area contributed by atoms with Crippen molar-refractivity contribution in [1.82, 2.24) is 35.9 Å². The highest BCUT2D eigenvalue weighted by Gasteiger charge is 2.51. The van der Waals surface area contributed by atoms with Crippen LogP contribution in [0.15, 0.2) is 36.9 Å². The summed E-state index contributed by atoms with van der Waals surface area (Å²) in [6, 6.07) is 1.26. The lowest BCUT2D eigenvalue weighted by Crippen LogP contribution is -2.53. The SMILES string of the molecule is COC1(C(Oc2cnc([C@]3(NC(=O)OC(C)(C)C)CNC[C@@H]3c3cc(F)c(F)cc3F)nc2)c2ncc(Cl)cn2)CCNCC1. The predicted molar refractivity (Wildman–Crippen MR) is 157 cm³/mol. The molecule has 2 aliphatic heterocycles. The van der Waals surface area contributed by atoms with Crippen LogP contribution in [0.3, 0.4) is 0 Å². The fourth-order valence-electron chi connectivity index (χ4n) is 5.82. The molecule has 5 rings (SSSR count). The van der Waals surface area contributed by atoms with E-state index in [-0.39, 0.29) is 30.2 Å². The molecule has 1 amide bonds. The van der Waals surface area contributed by atoms with Gasteiger partial charge in [0.05, 0.1) is 17.4 Å². The number of halogens is 4. The number of nitrogens with zero attached hydrogens (tertiary/aromatic N) is 4. The molecule has 0 spiro atoms. The van der Waals surface area contributed by atoms with Crippen molar-refractivity contribution in [2.24, 2.45) is 0 Å². The number of amides is 1. The number of hydrogen-bond acceptors (Lipinski definition) is 10. The van der Waals surface area contributed by atoms with Gasteiger partial charge in [-0.1, -0.05) is 11.6 Å². The number of alkyl carbamates (subject to hydrolysis) is 1. The number of benzene rings is 1. The molecule has 15 heteroatoms. The summed E-state index contributed by atoms with van der Waals surface area (Å²) >= 11 is 6.04. The second-order valence-corrected chi connectivity index (χ2v) is 12.5. The Morgan fingerprint density at radius 2 is 1.64 bits per heavy atom. The van der Waals surface area contributed by atoms with Gasteiger partial charge in [0.2, 0.25) is 0 Å². The molecule has 11 nitrogen and oxygen atoms in total. The number of piperidine rings is 1. The molecule has 45 heavy (non-hydrogen) atoms. The van der Waals surface area contributed by atoms with Crippen LogP contribution in [-0.4, -0.2) is 70.5 Å². The van der Waals surface area contributed by atoms with Crippen LogP contribution in [0.1, 0.15) is 62.8 Å². The summed E-state index contributed by atoms with van der Waals surface area (Å²) in [5.74, 6) is -3.80. The second-order valence-electron chi connectivity index (χ2n) is 12.1. The largest absolute Gasteiger partial charge is 0.476 e. The van der Waals surface area contributed by atoms with E-state index in [1.54, 1.807) is 27.9 Å². The Morgan fingerprint density at radius 3 is 2.27 bits per heavy atom. The standard InChI is InChI=1S/C30H35ClF3N7O4/c1-28(2,3)45-27(42)41-30(16-36-15-20(30)19-9-22(33)23(34)10-21(19)32)26-39-13-18(14-40-26)44-24(25-37-11-17(31)12-38-25)29(43-4)5-7-35-8-6-29/h9-14,20,24,35-36H,5-8,15-16H2,1-4H3,(H,41,42)/t20-,24?,30+/m1/s1. The van der Waals surface area contributed by atoms with E-state index >= 15 is 4.39 Å². The van der Waals surface area contributed by atoms with Crippen molar-refractivity contribution in [3.05, 3.63) is 76.6 Å². The van der Waals surface area contributed by atoms with Gasteiger partial charge < -0.3 is 30.2 Å². The summed E-state index contributed by atoms with van der Waals surface area (Å²) in [6.45, 7) is 6.58. The number of rotatable bonds is 8. The van der Waals surface area contributed by atoms with Crippen LogP contribution < -0.4 is 20.7 Å². The lowest BCUT2D eigenvalue weighted by Gasteiger charge is -2.41. The third-order valence-corrected chi connectivity index (χ3v) is 8.17. The van der Waals surface area contributed by atoms with Gasteiger partial charge in [0.1, 0.15) is 22.6 Å². The van der Waals surface area contributed by atoms with Crippen LogP contribution in [0.5, 0.6) is 5.75 Å². The number of hydrogen-bond donors (Lipinski definition) is 3. The molecule has 242 valence electrons. The van der Waals surface area contributed by atoms with Crippen molar-refractivity contribution in [2.75, 3.05) is 33.3 Å². The third kappa shape index (κ3) is 6.98. The summed E-state index contributed by atoms with van der Waals surface area (Å²) in [5, 5.41) is 9.58. The fraction of sp³-hybridized carbons (Fsp3) is 0.500. The van der Waals surface area contributed by atoms with E-state index in [1.165, 1.54) is 24.8 Å². The average Bonchev–Trinajstić information content (AvgIpc) is 3.41. The van der Waals surface area contributed by atoms with Crippen molar-refractivity contribution >= 4 is 17.7 Å². The van der Waals surface area contributed by atoms with E-state index in [4.69, 9.17) is 25.8 Å². The molecule has 0 radical (unpaired) electrons. The highest BCUT2D eigenvalue weighted by atomic mass is 35.5. The first-order valence-electron chi connectivity index (χ1n) is 14.4. The van der Waals surface area contributed by atoms with Gasteiger partial charge in [0.25, 0.3) is 0 Å². The topological polar surface area (TPSA) is 132 Å². The zero-order valence-corrected chi connectivity index (χ0v) is 26.1. The molecular formula is C30H35ClF3N7O4. The molecule has 1 unspecified atom stereocenters. The first-order chi connectivity index (χ1) is 21.4. The summed E-state index contributed by atoms with van der Waals surface area (Å²) in [5.41, 5.74) is -3.30. The minimum Gasteiger partial charge on any atom is -0.476 e. The number of carbonyl (C=O) groups excluding carboxylic acids is 1. The van der Waals surface area contributed by atoms with Crippen LogP contribution in [0, 0.1) is 17.5 Å². The van der Waals surface area contributed by atoms with Gasteiger partial charge in [0.15, 0.2) is 35.1 Å². The van der Waals surface area contributed by atoms with Crippen molar-refractivity contribution in [2.45, 2.75) is 62.4 Å². The Hall–Kier alpha value is -3.59. The van der Waals surface area contributed by atoms with Crippen molar-refractivity contribution in [3.63, 3.8) is 0 Å². The van der Waals surface area contributed by atoms with Gasteiger partial charge in [0, 0.05) is 44.6 Å². The van der Waals surface area contributed by atoms with Crippen molar-refractivity contribution in [3.8, 4) is 5.75 Å². The van der Waals surface area contributed by atoms with E-state index in [9.17, 15) is 13.6 Å². The van der Waals surface area contributed by atoms with E-state index in [2.05, 4.69) is 35.9 Å². The maximum atomic E-state index is 15.1. The Morgan fingerprint density at radius 1 is 1.00 bits per heavy atom. The van der Waals surface area contributed by atoms with E-state index in [0.717, 1.165) is 6.07 Å². The van der Waals surface area contributed by atoms with Gasteiger partial charge in [-0.2, -0.15) is 0 Å². The predicted octanol–water partition coefficient (Wildman–Crippen LogP) is 4.33. The summed E-state index contributed by atoms with van der Waals surface area (Å²) in [6.07, 6.45) is 5.39. The Kier molecular flexibility index (Phi) is 9.49. The first-order valence-corrected chi connectivity index (χ1v) is 14.8. The molecule has 1 aromatic carbocycles. The molecule has 4 heterocycles. The first kappa shape index (κ1) is 32.8. The van der Waals surface area contributed by atoms with Gasteiger partial charge in [-0.3, -0.25) is 0 Å². The summed E-state index contributed by atoms with van der Waals surface area (Å²) < 4.78 is 61.2. The van der Waals surface area contributed by atoms with Crippen molar-refractivity contribution < 1.29 is 32.2 Å². The van der Waals surface area contributed by atoms with Gasteiger partial charge >= 0.3 is 6.09 Å². The van der Waals surface area contributed by atoms with E-state index < -0.39 is 52.3 Å². The molecule has 2 saturated heterocycles. The fourth-order valence-corrected chi connectivity index (χ4v) is 5.92. The van der Waals surface area contributed by atoms with Gasteiger partial charge in [-0.15, -0.1) is 0 Å². The molecule has 3 N–H and O–H groups in total. The minimum atomic E-state index is -1.51. The number of aromatic nitrogens is 4. The lowest BCUT2D eigenvalue weighted by molar-refractivity contribution is -0.114. The molecular weight excluding hydrogens is 615 g/mol. The smallest absolute Gasteiger partial charge is 0.408 e. The van der Waals surface area contributed by atoms with Crippen LogP contribution in [-0.2, 0) is 15.0 Å². The maximum Gasteiger partial charge on any atom is 0.408 e. The Balaban J connectivity index is 1.52. The zero-order chi connectivity index (χ0) is 32.4. The summed E-state index contributed by atoms with van der Waals surface area (Å²) in [7, 11) is 1.61. The number of carbonyl (C=O) groups is 1. The molecule has 0 bridgehead atoms. The van der Waals surface area contributed by atoms with Crippen LogP contribution in [0.4, 0.5) is 18.0 Å². The second kappa shape index (κ2) is 13.0. The summed E-state index contributed by atoms with van der Waals surface area (Å²) in [4.78, 5) is 30.9. The third-order valence-electron chi connectivity index (χ3n) is 7.98. The van der Waals surface area contributed by atoms with Crippen molar-refractivity contribution in [1.29, 1.82) is 0 Å². The van der Waals surface area contributed by atoms with E-state index in [1.807, 2.05) is 0 Å².